The fourth-order valence-electron chi connectivity index (χ4n) is 3.50. The van der Waals surface area contributed by atoms with Crippen LogP contribution in [0.3, 0.4) is 0 Å². The van der Waals surface area contributed by atoms with Gasteiger partial charge < -0.3 is 9.84 Å². The van der Waals surface area contributed by atoms with Crippen molar-refractivity contribution < 1.29 is 23.8 Å². The summed E-state index contributed by atoms with van der Waals surface area (Å²) in [5.74, 6) is 0. The number of hydrogen-bond donors (Lipinski definition) is 1. The molecule has 37 heavy (non-hydrogen) atoms. The van der Waals surface area contributed by atoms with Gasteiger partial charge in [-0.15, -0.1) is 5.10 Å². The number of carbonyl (C=O) groups excluding carboxylic acids is 1. The van der Waals surface area contributed by atoms with E-state index in [2.05, 4.69) is 10.3 Å². The number of benzene rings is 2. The van der Waals surface area contributed by atoms with E-state index in [1.807, 2.05) is 48.6 Å². The number of rotatable bonds is 9. The highest BCUT2D eigenvalue weighted by atomic mass is 19.1. The Bertz CT molecular complexity index is 1220. The second-order valence-corrected chi connectivity index (χ2v) is 9.27. The molecule has 10 heteroatoms. The molecule has 1 N–H and O–H groups in total. The number of aryl methyl sites for hydroxylation is 1. The molecule has 0 spiro atoms. The van der Waals surface area contributed by atoms with Gasteiger partial charge >= 0.3 is 12.2 Å². The van der Waals surface area contributed by atoms with Crippen molar-refractivity contribution in [2.75, 3.05) is 23.0 Å². The van der Waals surface area contributed by atoms with Gasteiger partial charge in [0.15, 0.2) is 0 Å². The molecule has 0 fully saturated rings. The maximum absolute atomic E-state index is 13.0. The summed E-state index contributed by atoms with van der Waals surface area (Å²) >= 11 is 0. The Labute approximate surface area is 215 Å². The molecule has 1 heterocycles. The molecule has 3 aromatic rings. The van der Waals surface area contributed by atoms with Crippen molar-refractivity contribution >= 4 is 35.7 Å². The molecule has 3 rings (SSSR count). The van der Waals surface area contributed by atoms with Crippen LogP contribution in [-0.2, 0) is 17.8 Å². The SMILES string of the molecule is CCN(C(=O)O)c1ccc(/C=C/c2ccc(N(Cc3cn(CCF)nn3)C(=O)OC(C)(C)C)cc2)cc1. The Morgan fingerprint density at radius 3 is 2.00 bits per heavy atom. The van der Waals surface area contributed by atoms with Crippen molar-refractivity contribution in [3.8, 4) is 0 Å². The first-order valence-electron chi connectivity index (χ1n) is 11.9. The molecular formula is C27H32FN5O4. The van der Waals surface area contributed by atoms with Crippen molar-refractivity contribution in [3.63, 3.8) is 0 Å². The number of ether oxygens (including phenoxy) is 1. The van der Waals surface area contributed by atoms with E-state index in [0.29, 0.717) is 23.6 Å². The second-order valence-electron chi connectivity index (χ2n) is 9.27. The van der Waals surface area contributed by atoms with E-state index in [-0.39, 0.29) is 13.1 Å². The van der Waals surface area contributed by atoms with Gasteiger partial charge in [-0.2, -0.15) is 0 Å². The molecule has 196 valence electrons. The summed E-state index contributed by atoms with van der Waals surface area (Å²) in [5.41, 5.74) is 2.88. The highest BCUT2D eigenvalue weighted by Gasteiger charge is 2.24. The largest absolute Gasteiger partial charge is 0.465 e. The monoisotopic (exact) mass is 509 g/mol. The fourth-order valence-corrected chi connectivity index (χ4v) is 3.50. The van der Waals surface area contributed by atoms with Gasteiger partial charge in [0.05, 0.1) is 19.3 Å². The topological polar surface area (TPSA) is 101 Å². The summed E-state index contributed by atoms with van der Waals surface area (Å²) in [7, 11) is 0. The Balaban J connectivity index is 1.76. The number of anilines is 2. The Kier molecular flexibility index (Phi) is 9.00. The predicted molar refractivity (Wildman–Crippen MR) is 141 cm³/mol. The molecule has 0 radical (unpaired) electrons. The Morgan fingerprint density at radius 2 is 1.54 bits per heavy atom. The summed E-state index contributed by atoms with van der Waals surface area (Å²) in [4.78, 5) is 27.0. The van der Waals surface area contributed by atoms with Crippen LogP contribution in [0.2, 0.25) is 0 Å². The summed E-state index contributed by atoms with van der Waals surface area (Å²) in [5, 5.41) is 17.2. The molecule has 0 aliphatic rings. The quantitative estimate of drug-likeness (QED) is 0.363. The first-order valence-corrected chi connectivity index (χ1v) is 11.9. The number of aromatic nitrogens is 3. The molecule has 2 aromatic carbocycles. The van der Waals surface area contributed by atoms with Gasteiger partial charge in [-0.3, -0.25) is 9.80 Å². The van der Waals surface area contributed by atoms with Gasteiger partial charge in [0.25, 0.3) is 0 Å². The van der Waals surface area contributed by atoms with Crippen LogP contribution in [0.1, 0.15) is 44.5 Å². The lowest BCUT2D eigenvalue weighted by Crippen LogP contribution is -2.36. The van der Waals surface area contributed by atoms with Gasteiger partial charge in [0, 0.05) is 17.9 Å². The average molecular weight is 510 g/mol. The van der Waals surface area contributed by atoms with Crippen LogP contribution in [-0.4, -0.2) is 51.1 Å². The van der Waals surface area contributed by atoms with Crippen LogP contribution < -0.4 is 9.80 Å². The minimum absolute atomic E-state index is 0.0968. The highest BCUT2D eigenvalue weighted by Crippen LogP contribution is 2.22. The molecule has 0 saturated heterocycles. The van der Waals surface area contributed by atoms with Crippen molar-refractivity contribution in [2.24, 2.45) is 0 Å². The molecule has 0 unspecified atom stereocenters. The van der Waals surface area contributed by atoms with E-state index < -0.39 is 24.5 Å². The molecule has 0 saturated carbocycles. The molecule has 0 bridgehead atoms. The number of amides is 2. The lowest BCUT2D eigenvalue weighted by molar-refractivity contribution is 0.0577. The fraction of sp³-hybridized carbons (Fsp3) is 0.333. The van der Waals surface area contributed by atoms with Gasteiger partial charge in [0.1, 0.15) is 18.0 Å². The molecule has 0 atom stereocenters. The van der Waals surface area contributed by atoms with Crippen molar-refractivity contribution in [3.05, 3.63) is 71.5 Å². The van der Waals surface area contributed by atoms with E-state index in [0.717, 1.165) is 11.1 Å². The molecule has 9 nitrogen and oxygen atoms in total. The number of alkyl halides is 1. The molecular weight excluding hydrogens is 477 g/mol. The van der Waals surface area contributed by atoms with Crippen LogP contribution in [0.25, 0.3) is 12.2 Å². The number of halogens is 1. The van der Waals surface area contributed by atoms with E-state index in [9.17, 15) is 19.1 Å². The zero-order valence-electron chi connectivity index (χ0n) is 21.5. The van der Waals surface area contributed by atoms with E-state index in [4.69, 9.17) is 4.74 Å². The summed E-state index contributed by atoms with van der Waals surface area (Å²) in [6.07, 6.45) is 3.93. The predicted octanol–water partition coefficient (Wildman–Crippen LogP) is 5.86. The molecule has 1 aromatic heterocycles. The molecule has 0 aliphatic heterocycles. The summed E-state index contributed by atoms with van der Waals surface area (Å²) in [6.45, 7) is 7.19. The molecule has 0 aliphatic carbocycles. The lowest BCUT2D eigenvalue weighted by Gasteiger charge is -2.27. The van der Waals surface area contributed by atoms with Gasteiger partial charge in [-0.1, -0.05) is 41.6 Å². The van der Waals surface area contributed by atoms with Crippen LogP contribution in [0, 0.1) is 0 Å². The lowest BCUT2D eigenvalue weighted by atomic mass is 10.1. The van der Waals surface area contributed by atoms with Crippen LogP contribution >= 0.6 is 0 Å². The van der Waals surface area contributed by atoms with Crippen LogP contribution in [0.15, 0.2) is 54.7 Å². The van der Waals surface area contributed by atoms with Gasteiger partial charge in [0.2, 0.25) is 0 Å². The minimum Gasteiger partial charge on any atom is -0.465 e. The normalized spacial score (nSPS) is 11.5. The van der Waals surface area contributed by atoms with E-state index in [1.165, 1.54) is 14.5 Å². The Hall–Kier alpha value is -4.21. The number of carbonyl (C=O) groups is 2. The van der Waals surface area contributed by atoms with E-state index in [1.54, 1.807) is 46.0 Å². The first kappa shape index (κ1) is 27.4. The minimum atomic E-state index is -0.990. The third-order valence-electron chi connectivity index (χ3n) is 5.26. The zero-order chi connectivity index (χ0) is 27.0. The van der Waals surface area contributed by atoms with Crippen molar-refractivity contribution in [1.29, 1.82) is 0 Å². The van der Waals surface area contributed by atoms with Crippen LogP contribution in [0.5, 0.6) is 0 Å². The maximum Gasteiger partial charge on any atom is 0.415 e. The van der Waals surface area contributed by atoms with E-state index >= 15 is 0 Å². The standard InChI is InChI=1S/C27H32FN5O4/c1-5-32(25(34)35)23-12-8-20(9-13-23)6-7-21-10-14-24(15-11-21)33(26(36)37-27(2,3)4)19-22-18-31(17-16-28)30-29-22/h6-15,18H,5,16-17,19H2,1-4H3,(H,34,35)/b7-6+. The van der Waals surface area contributed by atoms with Crippen molar-refractivity contribution in [2.45, 2.75) is 46.4 Å². The third kappa shape index (κ3) is 7.89. The van der Waals surface area contributed by atoms with Gasteiger partial charge in [-0.05, 0) is 63.1 Å². The zero-order valence-corrected chi connectivity index (χ0v) is 21.5. The number of hydrogen-bond acceptors (Lipinski definition) is 5. The Morgan fingerprint density at radius 1 is 1.00 bits per heavy atom. The average Bonchev–Trinajstić information content (AvgIpc) is 3.29. The second kappa shape index (κ2) is 12.2. The highest BCUT2D eigenvalue weighted by molar-refractivity contribution is 5.88. The third-order valence-corrected chi connectivity index (χ3v) is 5.26. The summed E-state index contributed by atoms with van der Waals surface area (Å²) in [6, 6.07) is 14.6. The smallest absolute Gasteiger partial charge is 0.415 e. The van der Waals surface area contributed by atoms with Crippen molar-refractivity contribution in [1.82, 2.24) is 15.0 Å². The number of nitrogens with zero attached hydrogens (tertiary/aromatic N) is 5. The first-order chi connectivity index (χ1) is 17.6. The van der Waals surface area contributed by atoms with Gasteiger partial charge in [-0.25, -0.2) is 18.7 Å². The molecule has 2 amide bonds. The maximum atomic E-state index is 13.0. The summed E-state index contributed by atoms with van der Waals surface area (Å²) < 4.78 is 19.6. The number of carboxylic acid groups (broad SMARTS) is 1. The van der Waals surface area contributed by atoms with Crippen LogP contribution in [0.4, 0.5) is 25.4 Å².